The van der Waals surface area contributed by atoms with Gasteiger partial charge in [-0.3, -0.25) is 5.10 Å². The number of aromatic nitrogens is 2. The SMILES string of the molecule is Cc1cccc(-c2n[nH]c3ccccc23)c1. The molecule has 1 aromatic heterocycles. The van der Waals surface area contributed by atoms with E-state index in [0.717, 1.165) is 16.8 Å². The Labute approximate surface area is 93.9 Å². The zero-order valence-electron chi connectivity index (χ0n) is 9.07. The predicted molar refractivity (Wildman–Crippen MR) is 66.3 cm³/mol. The fourth-order valence-electron chi connectivity index (χ4n) is 1.98. The monoisotopic (exact) mass is 208 g/mol. The summed E-state index contributed by atoms with van der Waals surface area (Å²) in [7, 11) is 0. The molecule has 0 radical (unpaired) electrons. The maximum atomic E-state index is 4.38. The zero-order chi connectivity index (χ0) is 11.0. The molecule has 0 unspecified atom stereocenters. The van der Waals surface area contributed by atoms with Gasteiger partial charge in [0.05, 0.1) is 11.2 Å². The summed E-state index contributed by atoms with van der Waals surface area (Å²) in [5.74, 6) is 0. The smallest absolute Gasteiger partial charge is 0.0999 e. The van der Waals surface area contributed by atoms with Crippen molar-refractivity contribution in [1.29, 1.82) is 0 Å². The van der Waals surface area contributed by atoms with E-state index < -0.39 is 0 Å². The molecule has 0 aliphatic heterocycles. The molecule has 3 aromatic rings. The van der Waals surface area contributed by atoms with Gasteiger partial charge < -0.3 is 0 Å². The lowest BCUT2D eigenvalue weighted by Gasteiger charge is -1.99. The van der Waals surface area contributed by atoms with Crippen molar-refractivity contribution in [1.82, 2.24) is 10.2 Å². The molecule has 0 atom stereocenters. The fraction of sp³-hybridized carbons (Fsp3) is 0.0714. The Kier molecular flexibility index (Phi) is 2.00. The fourth-order valence-corrected chi connectivity index (χ4v) is 1.98. The van der Waals surface area contributed by atoms with Crippen LogP contribution in [0.1, 0.15) is 5.56 Å². The molecule has 1 heterocycles. The minimum Gasteiger partial charge on any atom is -0.277 e. The summed E-state index contributed by atoms with van der Waals surface area (Å²) >= 11 is 0. The molecule has 2 aromatic carbocycles. The summed E-state index contributed by atoms with van der Waals surface area (Å²) in [6.07, 6.45) is 0. The van der Waals surface area contributed by atoms with E-state index in [9.17, 15) is 0 Å². The predicted octanol–water partition coefficient (Wildman–Crippen LogP) is 3.54. The molecule has 0 aliphatic carbocycles. The maximum absolute atomic E-state index is 4.38. The standard InChI is InChI=1S/C14H12N2/c1-10-5-4-6-11(9-10)14-12-7-2-3-8-13(12)15-16-14/h2-9H,1H3,(H,15,16). The van der Waals surface area contributed by atoms with Gasteiger partial charge in [0.2, 0.25) is 0 Å². The lowest BCUT2D eigenvalue weighted by atomic mass is 10.1. The van der Waals surface area contributed by atoms with Crippen LogP contribution in [-0.4, -0.2) is 10.2 Å². The van der Waals surface area contributed by atoms with Crippen molar-refractivity contribution in [3.8, 4) is 11.3 Å². The van der Waals surface area contributed by atoms with Gasteiger partial charge in [-0.1, -0.05) is 42.0 Å². The lowest BCUT2D eigenvalue weighted by Crippen LogP contribution is -1.80. The van der Waals surface area contributed by atoms with Gasteiger partial charge in [-0.05, 0) is 19.1 Å². The maximum Gasteiger partial charge on any atom is 0.0999 e. The number of para-hydroxylation sites is 1. The van der Waals surface area contributed by atoms with Gasteiger partial charge >= 0.3 is 0 Å². The van der Waals surface area contributed by atoms with E-state index in [0.29, 0.717) is 0 Å². The lowest BCUT2D eigenvalue weighted by molar-refractivity contribution is 1.12. The number of nitrogens with one attached hydrogen (secondary N) is 1. The summed E-state index contributed by atoms with van der Waals surface area (Å²) in [4.78, 5) is 0. The summed E-state index contributed by atoms with van der Waals surface area (Å²) in [5.41, 5.74) is 4.53. The number of aromatic amines is 1. The van der Waals surface area contributed by atoms with Crippen LogP contribution in [0.3, 0.4) is 0 Å². The van der Waals surface area contributed by atoms with Gasteiger partial charge in [0.25, 0.3) is 0 Å². The molecule has 1 N–H and O–H groups in total. The number of benzene rings is 2. The first-order valence-electron chi connectivity index (χ1n) is 5.35. The van der Waals surface area contributed by atoms with Crippen LogP contribution >= 0.6 is 0 Å². The van der Waals surface area contributed by atoms with Crippen LogP contribution < -0.4 is 0 Å². The zero-order valence-corrected chi connectivity index (χ0v) is 9.07. The first-order valence-corrected chi connectivity index (χ1v) is 5.35. The molecule has 0 saturated heterocycles. The van der Waals surface area contributed by atoms with Gasteiger partial charge in [-0.15, -0.1) is 0 Å². The number of aryl methyl sites for hydroxylation is 1. The Morgan fingerprint density at radius 1 is 1.00 bits per heavy atom. The average molecular weight is 208 g/mol. The van der Waals surface area contributed by atoms with E-state index in [1.54, 1.807) is 0 Å². The highest BCUT2D eigenvalue weighted by atomic mass is 15.1. The van der Waals surface area contributed by atoms with E-state index >= 15 is 0 Å². The first-order chi connectivity index (χ1) is 7.84. The van der Waals surface area contributed by atoms with Gasteiger partial charge in [-0.25, -0.2) is 0 Å². The van der Waals surface area contributed by atoms with E-state index in [4.69, 9.17) is 0 Å². The van der Waals surface area contributed by atoms with Crippen molar-refractivity contribution in [2.45, 2.75) is 6.92 Å². The van der Waals surface area contributed by atoms with Crippen LogP contribution in [0.15, 0.2) is 48.5 Å². The van der Waals surface area contributed by atoms with Crippen molar-refractivity contribution in [3.05, 3.63) is 54.1 Å². The molecule has 0 saturated carbocycles. The highest BCUT2D eigenvalue weighted by Gasteiger charge is 2.06. The third-order valence-corrected chi connectivity index (χ3v) is 2.76. The third-order valence-electron chi connectivity index (χ3n) is 2.76. The molecular weight excluding hydrogens is 196 g/mol. The number of nitrogens with zero attached hydrogens (tertiary/aromatic N) is 1. The molecule has 0 aliphatic rings. The number of hydrogen-bond donors (Lipinski definition) is 1. The molecule has 78 valence electrons. The Morgan fingerprint density at radius 2 is 1.88 bits per heavy atom. The van der Waals surface area contributed by atoms with Crippen LogP contribution in [0.5, 0.6) is 0 Å². The van der Waals surface area contributed by atoms with Crippen LogP contribution in [-0.2, 0) is 0 Å². The average Bonchev–Trinajstić information content (AvgIpc) is 2.72. The molecule has 2 nitrogen and oxygen atoms in total. The second-order valence-corrected chi connectivity index (χ2v) is 3.99. The molecule has 2 heteroatoms. The largest absolute Gasteiger partial charge is 0.277 e. The van der Waals surface area contributed by atoms with Crippen molar-refractivity contribution in [3.63, 3.8) is 0 Å². The van der Waals surface area contributed by atoms with E-state index in [2.05, 4.69) is 47.5 Å². The molecule has 3 rings (SSSR count). The third kappa shape index (κ3) is 1.39. The minimum absolute atomic E-state index is 1.03. The summed E-state index contributed by atoms with van der Waals surface area (Å²) in [6, 6.07) is 16.6. The minimum atomic E-state index is 1.03. The number of H-pyrrole nitrogens is 1. The molecule has 0 spiro atoms. The summed E-state index contributed by atoms with van der Waals surface area (Å²) in [5, 5.41) is 8.61. The van der Waals surface area contributed by atoms with E-state index in [-0.39, 0.29) is 0 Å². The Bertz CT molecular complexity index is 638. The van der Waals surface area contributed by atoms with Crippen molar-refractivity contribution in [2.75, 3.05) is 0 Å². The number of rotatable bonds is 1. The van der Waals surface area contributed by atoms with Gasteiger partial charge in [0, 0.05) is 10.9 Å². The second kappa shape index (κ2) is 3.49. The Balaban J connectivity index is 2.26. The van der Waals surface area contributed by atoms with Crippen molar-refractivity contribution in [2.24, 2.45) is 0 Å². The van der Waals surface area contributed by atoms with Crippen LogP contribution in [0.25, 0.3) is 22.2 Å². The van der Waals surface area contributed by atoms with Gasteiger partial charge in [0.15, 0.2) is 0 Å². The second-order valence-electron chi connectivity index (χ2n) is 3.99. The van der Waals surface area contributed by atoms with Crippen LogP contribution in [0.2, 0.25) is 0 Å². The quantitative estimate of drug-likeness (QED) is 0.651. The van der Waals surface area contributed by atoms with Crippen molar-refractivity contribution < 1.29 is 0 Å². The van der Waals surface area contributed by atoms with Crippen LogP contribution in [0.4, 0.5) is 0 Å². The molecule has 16 heavy (non-hydrogen) atoms. The Hall–Kier alpha value is -2.09. The number of hydrogen-bond acceptors (Lipinski definition) is 1. The highest BCUT2D eigenvalue weighted by Crippen LogP contribution is 2.26. The van der Waals surface area contributed by atoms with E-state index in [1.165, 1.54) is 10.9 Å². The summed E-state index contributed by atoms with van der Waals surface area (Å²) in [6.45, 7) is 2.10. The topological polar surface area (TPSA) is 28.7 Å². The molecular formula is C14H12N2. The van der Waals surface area contributed by atoms with Crippen LogP contribution in [0, 0.1) is 6.92 Å². The van der Waals surface area contributed by atoms with Crippen molar-refractivity contribution >= 4 is 10.9 Å². The highest BCUT2D eigenvalue weighted by molar-refractivity contribution is 5.92. The summed E-state index contributed by atoms with van der Waals surface area (Å²) < 4.78 is 0. The van der Waals surface area contributed by atoms with Gasteiger partial charge in [-0.2, -0.15) is 5.10 Å². The van der Waals surface area contributed by atoms with E-state index in [1.807, 2.05) is 18.2 Å². The normalized spacial score (nSPS) is 10.8. The number of fused-ring (bicyclic) bond motifs is 1. The first kappa shape index (κ1) is 9.16. The molecule has 0 bridgehead atoms. The molecule has 0 amide bonds. The Morgan fingerprint density at radius 3 is 2.75 bits per heavy atom. The molecule has 0 fully saturated rings. The van der Waals surface area contributed by atoms with Gasteiger partial charge in [0.1, 0.15) is 0 Å².